The lowest BCUT2D eigenvalue weighted by Crippen LogP contribution is -2.30. The van der Waals surface area contributed by atoms with Crippen molar-refractivity contribution >= 4 is 52.5 Å². The average Bonchev–Trinajstić information content (AvgIpc) is 2.63. The average molecular weight is 421 g/mol. The Morgan fingerprint density at radius 3 is 2.43 bits per heavy atom. The fourth-order valence-electron chi connectivity index (χ4n) is 2.21. The summed E-state index contributed by atoms with van der Waals surface area (Å²) in [6, 6.07) is 14.0. The van der Waals surface area contributed by atoms with E-state index in [2.05, 4.69) is 10.6 Å². The number of amides is 2. The molecule has 0 radical (unpaired) electrons. The lowest BCUT2D eigenvalue weighted by molar-refractivity contribution is -0.150. The van der Waals surface area contributed by atoms with E-state index >= 15 is 0 Å². The molecule has 148 valence electrons. The Morgan fingerprint density at radius 2 is 1.75 bits per heavy atom. The molecule has 0 bridgehead atoms. The number of nitrogens with one attached hydrogen (secondary N) is 2. The maximum Gasteiger partial charge on any atom is 0.316 e. The van der Waals surface area contributed by atoms with Gasteiger partial charge in [-0.1, -0.05) is 23.7 Å². The summed E-state index contributed by atoms with van der Waals surface area (Å²) in [7, 11) is 0. The Kier molecular flexibility index (Phi) is 8.35. The zero-order chi connectivity index (χ0) is 20.5. The molecule has 1 atom stereocenters. The summed E-state index contributed by atoms with van der Waals surface area (Å²) in [6.45, 7) is 3.42. The number of carbonyl (C=O) groups is 3. The van der Waals surface area contributed by atoms with Crippen LogP contribution in [0, 0.1) is 6.92 Å². The van der Waals surface area contributed by atoms with Crippen LogP contribution in [0.4, 0.5) is 11.4 Å². The van der Waals surface area contributed by atoms with Gasteiger partial charge in [0.1, 0.15) is 0 Å². The van der Waals surface area contributed by atoms with Gasteiger partial charge in [-0.2, -0.15) is 0 Å². The maximum absolute atomic E-state index is 12.1. The second-order valence-corrected chi connectivity index (χ2v) is 7.46. The van der Waals surface area contributed by atoms with E-state index in [4.69, 9.17) is 16.3 Å². The minimum Gasteiger partial charge on any atom is -0.452 e. The van der Waals surface area contributed by atoms with E-state index in [1.54, 1.807) is 30.3 Å². The second kappa shape index (κ2) is 10.7. The molecule has 6 nitrogen and oxygen atoms in total. The van der Waals surface area contributed by atoms with Crippen LogP contribution >= 0.6 is 23.4 Å². The highest BCUT2D eigenvalue weighted by atomic mass is 35.5. The highest BCUT2D eigenvalue weighted by Crippen LogP contribution is 2.14. The van der Waals surface area contributed by atoms with Crippen LogP contribution in [0.25, 0.3) is 0 Å². The van der Waals surface area contributed by atoms with Gasteiger partial charge in [-0.25, -0.2) is 0 Å². The topological polar surface area (TPSA) is 84.5 Å². The maximum atomic E-state index is 12.1. The van der Waals surface area contributed by atoms with Gasteiger partial charge in [0, 0.05) is 16.4 Å². The Bertz CT molecular complexity index is 842. The van der Waals surface area contributed by atoms with Crippen molar-refractivity contribution in [3.05, 3.63) is 59.1 Å². The summed E-state index contributed by atoms with van der Waals surface area (Å²) in [6.07, 6.45) is -0.954. The van der Waals surface area contributed by atoms with Crippen LogP contribution in [-0.4, -0.2) is 35.4 Å². The predicted molar refractivity (Wildman–Crippen MR) is 113 cm³/mol. The number of ether oxygens (including phenoxy) is 1. The number of esters is 1. The predicted octanol–water partition coefficient (Wildman–Crippen LogP) is 3.89. The van der Waals surface area contributed by atoms with Crippen LogP contribution < -0.4 is 10.6 Å². The summed E-state index contributed by atoms with van der Waals surface area (Å²) in [5.41, 5.74) is 2.31. The monoisotopic (exact) mass is 420 g/mol. The third-order valence-electron chi connectivity index (χ3n) is 3.54. The molecule has 0 aliphatic carbocycles. The molecule has 2 aromatic carbocycles. The molecule has 0 unspecified atom stereocenters. The van der Waals surface area contributed by atoms with Crippen LogP contribution in [0.15, 0.2) is 48.5 Å². The molecule has 0 saturated carbocycles. The Morgan fingerprint density at radius 1 is 1.04 bits per heavy atom. The molecule has 0 saturated heterocycles. The number of halogens is 1. The number of thioether (sulfide) groups is 1. The van der Waals surface area contributed by atoms with Crippen LogP contribution in [0.1, 0.15) is 12.5 Å². The molecule has 0 fully saturated rings. The van der Waals surface area contributed by atoms with Gasteiger partial charge in [-0.15, -0.1) is 11.8 Å². The highest BCUT2D eigenvalue weighted by Gasteiger charge is 2.18. The Balaban J connectivity index is 1.68. The summed E-state index contributed by atoms with van der Waals surface area (Å²) < 4.78 is 5.09. The van der Waals surface area contributed by atoms with E-state index in [0.717, 1.165) is 17.3 Å². The number of benzene rings is 2. The van der Waals surface area contributed by atoms with Crippen molar-refractivity contribution < 1.29 is 19.1 Å². The molecule has 0 aromatic heterocycles. The van der Waals surface area contributed by atoms with Gasteiger partial charge in [0.2, 0.25) is 5.91 Å². The van der Waals surface area contributed by atoms with Crippen molar-refractivity contribution in [1.82, 2.24) is 0 Å². The quantitative estimate of drug-likeness (QED) is 0.633. The molecule has 0 spiro atoms. The van der Waals surface area contributed by atoms with Gasteiger partial charge in [0.15, 0.2) is 6.10 Å². The number of hydrogen-bond acceptors (Lipinski definition) is 5. The van der Waals surface area contributed by atoms with Gasteiger partial charge in [0.25, 0.3) is 5.91 Å². The normalized spacial score (nSPS) is 11.4. The second-order valence-electron chi connectivity index (χ2n) is 6.04. The molecule has 2 rings (SSSR count). The third-order valence-corrected chi connectivity index (χ3v) is 4.70. The first-order valence-corrected chi connectivity index (χ1v) is 10.1. The fourth-order valence-corrected chi connectivity index (χ4v) is 2.93. The first-order valence-electron chi connectivity index (χ1n) is 8.53. The molecule has 0 aliphatic heterocycles. The zero-order valence-electron chi connectivity index (χ0n) is 15.5. The number of anilines is 2. The molecular weight excluding hydrogens is 400 g/mol. The van der Waals surface area contributed by atoms with Gasteiger partial charge >= 0.3 is 5.97 Å². The molecule has 2 aromatic rings. The van der Waals surface area contributed by atoms with Gasteiger partial charge in [0.05, 0.1) is 11.5 Å². The summed E-state index contributed by atoms with van der Waals surface area (Å²) in [5.74, 6) is -1.14. The van der Waals surface area contributed by atoms with Gasteiger partial charge < -0.3 is 15.4 Å². The van der Waals surface area contributed by atoms with Crippen LogP contribution in [-0.2, 0) is 19.1 Å². The van der Waals surface area contributed by atoms with E-state index < -0.39 is 18.0 Å². The number of rotatable bonds is 8. The number of carbonyl (C=O) groups excluding carboxylic acids is 3. The zero-order valence-corrected chi connectivity index (χ0v) is 17.1. The third kappa shape index (κ3) is 7.62. The van der Waals surface area contributed by atoms with Crippen LogP contribution in [0.2, 0.25) is 5.02 Å². The molecule has 2 N–H and O–H groups in total. The minimum absolute atomic E-state index is 0.0280. The Hall–Kier alpha value is -2.51. The molecule has 8 heteroatoms. The van der Waals surface area contributed by atoms with Gasteiger partial charge in [-0.05, 0) is 55.8 Å². The van der Waals surface area contributed by atoms with E-state index in [-0.39, 0.29) is 17.4 Å². The molecule has 28 heavy (non-hydrogen) atoms. The van der Waals surface area contributed by atoms with E-state index in [9.17, 15) is 14.4 Å². The van der Waals surface area contributed by atoms with Crippen molar-refractivity contribution in [2.24, 2.45) is 0 Å². The highest BCUT2D eigenvalue weighted by molar-refractivity contribution is 8.00. The largest absolute Gasteiger partial charge is 0.452 e. The SMILES string of the molecule is Cc1cccc(NC(=O)CSCC(=O)O[C@H](C)C(=O)Nc2ccc(Cl)cc2)c1. The lowest BCUT2D eigenvalue weighted by atomic mass is 10.2. The van der Waals surface area contributed by atoms with Crippen molar-refractivity contribution in [3.8, 4) is 0 Å². The standard InChI is InChI=1S/C20H21ClN2O4S/c1-13-4-3-5-17(10-13)22-18(24)11-28-12-19(25)27-14(2)20(26)23-16-8-6-15(21)7-9-16/h3-10,14H,11-12H2,1-2H3,(H,22,24)(H,23,26)/t14-/m1/s1. The minimum atomic E-state index is -0.954. The molecule has 0 aliphatic rings. The van der Waals surface area contributed by atoms with Crippen molar-refractivity contribution in [2.75, 3.05) is 22.1 Å². The Labute approximate surface area is 173 Å². The molecule has 2 amide bonds. The van der Waals surface area contributed by atoms with Crippen LogP contribution in [0.3, 0.4) is 0 Å². The van der Waals surface area contributed by atoms with E-state index in [0.29, 0.717) is 16.4 Å². The van der Waals surface area contributed by atoms with Crippen molar-refractivity contribution in [3.63, 3.8) is 0 Å². The van der Waals surface area contributed by atoms with Crippen LogP contribution in [0.5, 0.6) is 0 Å². The first kappa shape index (κ1) is 21.8. The van der Waals surface area contributed by atoms with E-state index in [1.807, 2.05) is 25.1 Å². The number of hydrogen-bond donors (Lipinski definition) is 2. The van der Waals surface area contributed by atoms with E-state index in [1.165, 1.54) is 6.92 Å². The number of aryl methyl sites for hydroxylation is 1. The van der Waals surface area contributed by atoms with Crippen molar-refractivity contribution in [1.29, 1.82) is 0 Å². The molecular formula is C20H21ClN2O4S. The lowest BCUT2D eigenvalue weighted by Gasteiger charge is -2.13. The van der Waals surface area contributed by atoms with Gasteiger partial charge in [-0.3, -0.25) is 14.4 Å². The summed E-state index contributed by atoms with van der Waals surface area (Å²) >= 11 is 6.91. The summed E-state index contributed by atoms with van der Waals surface area (Å²) in [4.78, 5) is 35.8. The molecule has 0 heterocycles. The fraction of sp³-hybridized carbons (Fsp3) is 0.250. The van der Waals surface area contributed by atoms with Crippen molar-refractivity contribution in [2.45, 2.75) is 20.0 Å². The first-order chi connectivity index (χ1) is 13.3. The summed E-state index contributed by atoms with van der Waals surface area (Å²) in [5, 5.41) is 5.95. The smallest absolute Gasteiger partial charge is 0.316 e.